The van der Waals surface area contributed by atoms with E-state index >= 15 is 4.39 Å². The number of halogens is 2. The van der Waals surface area contributed by atoms with Crippen LogP contribution in [0.2, 0.25) is 0 Å². The summed E-state index contributed by atoms with van der Waals surface area (Å²) in [6.45, 7) is 5.66. The van der Waals surface area contributed by atoms with Crippen molar-refractivity contribution < 1.29 is 18.3 Å². The topological polar surface area (TPSA) is 119 Å². The maximum absolute atomic E-state index is 15.5. The number of hydrogen-bond donors (Lipinski definition) is 3. The van der Waals surface area contributed by atoms with Crippen LogP contribution in [0.25, 0.3) is 16.8 Å². The van der Waals surface area contributed by atoms with Crippen LogP contribution in [0.15, 0.2) is 48.9 Å². The lowest BCUT2D eigenvalue weighted by Gasteiger charge is -2.38. The van der Waals surface area contributed by atoms with Gasteiger partial charge in [0.1, 0.15) is 11.6 Å². The van der Waals surface area contributed by atoms with Gasteiger partial charge in [0.05, 0.1) is 46.5 Å². The molecular weight excluding hydrogens is 516 g/mol. The number of anilines is 2. The normalized spacial score (nSPS) is 21.1. The van der Waals surface area contributed by atoms with Crippen LogP contribution in [0.1, 0.15) is 55.5 Å². The Hall–Kier alpha value is -3.96. The Balaban J connectivity index is 1.49. The summed E-state index contributed by atoms with van der Waals surface area (Å²) < 4.78 is 37.5. The first-order chi connectivity index (χ1) is 19.2. The number of nitrogens with two attached hydrogens (primary N) is 1. The molecule has 0 radical (unpaired) electrons. The number of benzene rings is 1. The van der Waals surface area contributed by atoms with Gasteiger partial charge >= 0.3 is 0 Å². The molecule has 9 nitrogen and oxygen atoms in total. The molecule has 4 aromatic rings. The Kier molecular flexibility index (Phi) is 7.77. The van der Waals surface area contributed by atoms with Gasteiger partial charge in [-0.2, -0.15) is 9.61 Å². The van der Waals surface area contributed by atoms with Crippen LogP contribution in [0.3, 0.4) is 0 Å². The fourth-order valence-corrected chi connectivity index (χ4v) is 5.62. The fourth-order valence-electron chi connectivity index (χ4n) is 5.62. The molecule has 0 saturated heterocycles. The first-order valence-corrected chi connectivity index (χ1v) is 13.3. The average Bonchev–Trinajstić information content (AvgIpc) is 3.30. The van der Waals surface area contributed by atoms with Gasteiger partial charge in [-0.3, -0.25) is 9.78 Å². The molecule has 210 valence electrons. The van der Waals surface area contributed by atoms with Crippen LogP contribution in [0, 0.1) is 17.6 Å². The number of rotatable bonds is 7. The van der Waals surface area contributed by atoms with Crippen molar-refractivity contribution in [3.05, 3.63) is 71.7 Å². The van der Waals surface area contributed by atoms with Gasteiger partial charge in [0.15, 0.2) is 0 Å². The first kappa shape index (κ1) is 27.6. The zero-order valence-corrected chi connectivity index (χ0v) is 22.9. The molecule has 3 heterocycles. The third kappa shape index (κ3) is 5.26. The SMILES string of the molecule is CO[C@H]1[C@H](N)C[C@H](c2ccncc2Nc2ncc3ccc(-c4c(F)ccc(C(=O)NC(C)C)c4F)nn23)C[C@@H]1C. The van der Waals surface area contributed by atoms with E-state index in [0.717, 1.165) is 36.2 Å². The summed E-state index contributed by atoms with van der Waals surface area (Å²) in [6, 6.07) is 7.02. The van der Waals surface area contributed by atoms with Gasteiger partial charge in [-0.25, -0.2) is 13.8 Å². The Bertz CT molecular complexity index is 1530. The van der Waals surface area contributed by atoms with E-state index in [-0.39, 0.29) is 41.3 Å². The van der Waals surface area contributed by atoms with E-state index in [1.165, 1.54) is 10.6 Å². The van der Waals surface area contributed by atoms with Crippen LogP contribution < -0.4 is 16.4 Å². The van der Waals surface area contributed by atoms with Gasteiger partial charge in [0.2, 0.25) is 5.95 Å². The molecule has 4 N–H and O–H groups in total. The van der Waals surface area contributed by atoms with Crippen molar-refractivity contribution in [3.63, 3.8) is 0 Å². The van der Waals surface area contributed by atoms with Gasteiger partial charge in [-0.05, 0) is 74.4 Å². The molecule has 0 spiro atoms. The Labute approximate surface area is 231 Å². The van der Waals surface area contributed by atoms with Crippen molar-refractivity contribution in [1.82, 2.24) is 24.9 Å². The van der Waals surface area contributed by atoms with Crippen molar-refractivity contribution in [1.29, 1.82) is 0 Å². The fraction of sp³-hybridized carbons (Fsp3) is 0.379. The van der Waals surface area contributed by atoms with Crippen LogP contribution in [-0.4, -0.2) is 50.8 Å². The Morgan fingerprint density at radius 3 is 2.67 bits per heavy atom. The molecule has 3 aromatic heterocycles. The molecule has 5 rings (SSSR count). The smallest absolute Gasteiger partial charge is 0.254 e. The maximum atomic E-state index is 15.5. The van der Waals surface area contributed by atoms with E-state index in [0.29, 0.717) is 11.5 Å². The molecule has 1 fully saturated rings. The number of pyridine rings is 1. The Morgan fingerprint density at radius 1 is 1.15 bits per heavy atom. The number of aromatic nitrogens is 4. The third-order valence-corrected chi connectivity index (χ3v) is 7.40. The lowest BCUT2D eigenvalue weighted by atomic mass is 9.74. The number of carbonyl (C=O) groups is 1. The van der Waals surface area contributed by atoms with Crippen molar-refractivity contribution in [3.8, 4) is 11.3 Å². The largest absolute Gasteiger partial charge is 0.380 e. The van der Waals surface area contributed by atoms with E-state index < -0.39 is 23.1 Å². The molecular formula is C29H33F2N7O2. The summed E-state index contributed by atoms with van der Waals surface area (Å²) in [6.07, 6.45) is 6.72. The van der Waals surface area contributed by atoms with Crippen molar-refractivity contribution in [2.24, 2.45) is 11.7 Å². The number of ether oxygens (including phenoxy) is 1. The lowest BCUT2D eigenvalue weighted by Crippen LogP contribution is -2.45. The second kappa shape index (κ2) is 11.3. The zero-order chi connectivity index (χ0) is 28.6. The van der Waals surface area contributed by atoms with Crippen LogP contribution in [0.5, 0.6) is 0 Å². The monoisotopic (exact) mass is 549 g/mol. The third-order valence-electron chi connectivity index (χ3n) is 7.40. The van der Waals surface area contributed by atoms with Crippen molar-refractivity contribution in [2.45, 2.75) is 57.7 Å². The summed E-state index contributed by atoms with van der Waals surface area (Å²) in [5.74, 6) is -1.63. The predicted octanol–water partition coefficient (Wildman–Crippen LogP) is 4.81. The van der Waals surface area contributed by atoms with E-state index in [9.17, 15) is 9.18 Å². The highest BCUT2D eigenvalue weighted by molar-refractivity contribution is 5.96. The number of nitrogens with zero attached hydrogens (tertiary/aromatic N) is 4. The molecule has 11 heteroatoms. The summed E-state index contributed by atoms with van der Waals surface area (Å²) in [5.41, 5.74) is 8.21. The second-order valence-corrected chi connectivity index (χ2v) is 10.6. The number of amides is 1. The lowest BCUT2D eigenvalue weighted by molar-refractivity contribution is 0.00984. The molecule has 1 aromatic carbocycles. The van der Waals surface area contributed by atoms with Crippen molar-refractivity contribution >= 4 is 23.1 Å². The van der Waals surface area contributed by atoms with Gasteiger partial charge in [-0.15, -0.1) is 0 Å². The molecule has 40 heavy (non-hydrogen) atoms. The van der Waals surface area contributed by atoms with Crippen LogP contribution in [-0.2, 0) is 4.74 Å². The number of carbonyl (C=O) groups excluding carboxylic acids is 1. The summed E-state index contributed by atoms with van der Waals surface area (Å²) in [7, 11) is 1.69. The van der Waals surface area contributed by atoms with E-state index in [2.05, 4.69) is 32.6 Å². The number of hydrogen-bond acceptors (Lipinski definition) is 7. The second-order valence-electron chi connectivity index (χ2n) is 10.6. The molecule has 1 amide bonds. The minimum Gasteiger partial charge on any atom is -0.380 e. The van der Waals surface area contributed by atoms with E-state index in [4.69, 9.17) is 10.5 Å². The molecule has 0 unspecified atom stereocenters. The first-order valence-electron chi connectivity index (χ1n) is 13.3. The minimum atomic E-state index is -0.980. The van der Waals surface area contributed by atoms with Crippen LogP contribution >= 0.6 is 0 Å². The zero-order valence-electron chi connectivity index (χ0n) is 22.9. The van der Waals surface area contributed by atoms with E-state index in [1.54, 1.807) is 45.6 Å². The van der Waals surface area contributed by atoms with Crippen LogP contribution in [0.4, 0.5) is 20.4 Å². The summed E-state index contributed by atoms with van der Waals surface area (Å²) in [5, 5.41) is 10.4. The molecule has 4 atom stereocenters. The number of methoxy groups -OCH3 is 1. The van der Waals surface area contributed by atoms with Gasteiger partial charge in [0.25, 0.3) is 5.91 Å². The van der Waals surface area contributed by atoms with Gasteiger partial charge in [-0.1, -0.05) is 6.92 Å². The highest BCUT2D eigenvalue weighted by Crippen LogP contribution is 2.40. The quantitative estimate of drug-likeness (QED) is 0.303. The highest BCUT2D eigenvalue weighted by atomic mass is 19.1. The van der Waals surface area contributed by atoms with Gasteiger partial charge in [0, 0.05) is 25.4 Å². The van der Waals surface area contributed by atoms with Crippen molar-refractivity contribution in [2.75, 3.05) is 12.4 Å². The Morgan fingerprint density at radius 2 is 1.95 bits per heavy atom. The standard InChI is InChI=1S/C29H33F2N7O2/c1-15(2)35-28(39)20-6-7-21(30)25(26(20)31)23-8-5-18-13-34-29(38(18)37-23)36-24-14-33-10-9-19(24)17-11-16(3)27(40-4)22(32)12-17/h5-10,13-17,22,27H,11-12,32H2,1-4H3,(H,34,36)(H,35,39)/t16-,17+,22+,27+/m0/s1. The molecule has 0 aliphatic heterocycles. The maximum Gasteiger partial charge on any atom is 0.254 e. The van der Waals surface area contributed by atoms with E-state index in [1.807, 2.05) is 6.07 Å². The number of nitrogens with one attached hydrogen (secondary N) is 2. The molecule has 1 saturated carbocycles. The molecule has 1 aliphatic carbocycles. The average molecular weight is 550 g/mol. The molecule has 1 aliphatic rings. The number of fused-ring (bicyclic) bond motifs is 1. The number of imidazole rings is 1. The minimum absolute atomic E-state index is 0.00380. The summed E-state index contributed by atoms with van der Waals surface area (Å²) in [4.78, 5) is 21.2. The predicted molar refractivity (Wildman–Crippen MR) is 148 cm³/mol. The highest BCUT2D eigenvalue weighted by Gasteiger charge is 2.35. The van der Waals surface area contributed by atoms with Gasteiger partial charge < -0.3 is 21.1 Å². The molecule has 0 bridgehead atoms. The summed E-state index contributed by atoms with van der Waals surface area (Å²) >= 11 is 0.